The van der Waals surface area contributed by atoms with Gasteiger partial charge in [-0.05, 0) is 12.8 Å². The van der Waals surface area contributed by atoms with Gasteiger partial charge in [0.05, 0.1) is 6.33 Å². The Kier molecular flexibility index (Phi) is 2.53. The van der Waals surface area contributed by atoms with Crippen LogP contribution in [0.15, 0.2) is 23.4 Å². The number of nitrogens with zero attached hydrogens (tertiary/aromatic N) is 3. The third-order valence-corrected chi connectivity index (χ3v) is 2.59. The summed E-state index contributed by atoms with van der Waals surface area (Å²) >= 11 is 0. The van der Waals surface area contributed by atoms with E-state index in [1.807, 2.05) is 0 Å². The summed E-state index contributed by atoms with van der Waals surface area (Å²) in [6.45, 7) is 0.0830. The van der Waals surface area contributed by atoms with Crippen molar-refractivity contribution in [1.82, 2.24) is 14.5 Å². The van der Waals surface area contributed by atoms with Gasteiger partial charge in [-0.3, -0.25) is 14.2 Å². The summed E-state index contributed by atoms with van der Waals surface area (Å²) in [5.41, 5.74) is -0.192. The summed E-state index contributed by atoms with van der Waals surface area (Å²) in [4.78, 5) is 28.5. The van der Waals surface area contributed by atoms with E-state index in [1.165, 1.54) is 23.2 Å². The highest BCUT2D eigenvalue weighted by Crippen LogP contribution is 2.25. The van der Waals surface area contributed by atoms with Crippen molar-refractivity contribution in [3.63, 3.8) is 0 Å². The van der Waals surface area contributed by atoms with Crippen LogP contribution in [0.5, 0.6) is 0 Å². The van der Waals surface area contributed by atoms with Gasteiger partial charge in [-0.2, -0.15) is 0 Å². The van der Waals surface area contributed by atoms with Crippen LogP contribution in [0.25, 0.3) is 0 Å². The maximum atomic E-state index is 11.7. The van der Waals surface area contributed by atoms with Crippen LogP contribution in [0.1, 0.15) is 12.8 Å². The quantitative estimate of drug-likeness (QED) is 0.693. The smallest absolute Gasteiger partial charge is 0.253 e. The summed E-state index contributed by atoms with van der Waals surface area (Å²) in [5, 5.41) is 0. The maximum absolute atomic E-state index is 11.7. The van der Waals surface area contributed by atoms with Gasteiger partial charge in [0.25, 0.3) is 5.56 Å². The van der Waals surface area contributed by atoms with Crippen molar-refractivity contribution in [2.24, 2.45) is 0 Å². The lowest BCUT2D eigenvalue weighted by molar-refractivity contribution is -0.131. The molecule has 2 rings (SSSR count). The number of carbonyl (C=O) groups excluding carboxylic acids is 1. The van der Waals surface area contributed by atoms with E-state index in [-0.39, 0.29) is 18.0 Å². The lowest BCUT2D eigenvalue weighted by Gasteiger charge is -2.16. The second-order valence-electron chi connectivity index (χ2n) is 3.78. The molecule has 5 heteroatoms. The van der Waals surface area contributed by atoms with E-state index in [9.17, 15) is 9.59 Å². The number of hydrogen-bond donors (Lipinski definition) is 0. The molecule has 0 aromatic carbocycles. The molecule has 0 aliphatic heterocycles. The Hall–Kier alpha value is -1.65. The summed E-state index contributed by atoms with van der Waals surface area (Å²) < 4.78 is 1.32. The third-order valence-electron chi connectivity index (χ3n) is 2.59. The molecule has 1 aromatic heterocycles. The SMILES string of the molecule is CN(C(=O)Cn1cnccc1=O)C1CC1. The monoisotopic (exact) mass is 207 g/mol. The average molecular weight is 207 g/mol. The molecule has 0 spiro atoms. The minimum absolute atomic E-state index is 0.0346. The molecule has 0 N–H and O–H groups in total. The Morgan fingerprint density at radius 2 is 2.40 bits per heavy atom. The highest BCUT2D eigenvalue weighted by Gasteiger charge is 2.29. The number of amides is 1. The first-order chi connectivity index (χ1) is 7.18. The molecule has 0 unspecified atom stereocenters. The zero-order chi connectivity index (χ0) is 10.8. The van der Waals surface area contributed by atoms with Crippen molar-refractivity contribution in [1.29, 1.82) is 0 Å². The number of carbonyl (C=O) groups is 1. The molecule has 1 amide bonds. The Morgan fingerprint density at radius 1 is 1.67 bits per heavy atom. The maximum Gasteiger partial charge on any atom is 0.253 e. The van der Waals surface area contributed by atoms with Crippen LogP contribution in [0, 0.1) is 0 Å². The van der Waals surface area contributed by atoms with Crippen LogP contribution in [-0.2, 0) is 11.3 Å². The van der Waals surface area contributed by atoms with E-state index >= 15 is 0 Å². The summed E-state index contributed by atoms with van der Waals surface area (Å²) in [5.74, 6) is -0.0346. The van der Waals surface area contributed by atoms with E-state index in [2.05, 4.69) is 4.98 Å². The fraction of sp³-hybridized carbons (Fsp3) is 0.500. The van der Waals surface area contributed by atoms with Crippen LogP contribution in [0.4, 0.5) is 0 Å². The molecule has 1 heterocycles. The van der Waals surface area contributed by atoms with Crippen molar-refractivity contribution in [2.45, 2.75) is 25.4 Å². The summed E-state index contributed by atoms with van der Waals surface area (Å²) in [6.07, 6.45) is 4.96. The van der Waals surface area contributed by atoms with Gasteiger partial charge in [0, 0.05) is 25.4 Å². The van der Waals surface area contributed by atoms with Crippen molar-refractivity contribution >= 4 is 5.91 Å². The lowest BCUT2D eigenvalue weighted by Crippen LogP contribution is -2.34. The van der Waals surface area contributed by atoms with Crippen molar-refractivity contribution in [3.05, 3.63) is 28.9 Å². The van der Waals surface area contributed by atoms with E-state index in [1.54, 1.807) is 11.9 Å². The lowest BCUT2D eigenvalue weighted by atomic mass is 10.4. The summed E-state index contributed by atoms with van der Waals surface area (Å²) in [6, 6.07) is 1.73. The molecule has 1 aromatic rings. The fourth-order valence-corrected chi connectivity index (χ4v) is 1.42. The van der Waals surface area contributed by atoms with Crippen molar-refractivity contribution < 1.29 is 4.79 Å². The van der Waals surface area contributed by atoms with Gasteiger partial charge in [-0.25, -0.2) is 4.98 Å². The van der Waals surface area contributed by atoms with Gasteiger partial charge in [-0.1, -0.05) is 0 Å². The van der Waals surface area contributed by atoms with Crippen molar-refractivity contribution in [2.75, 3.05) is 7.05 Å². The minimum atomic E-state index is -0.192. The Bertz CT molecular complexity index is 423. The number of hydrogen-bond acceptors (Lipinski definition) is 3. The second-order valence-corrected chi connectivity index (χ2v) is 3.78. The normalized spacial score (nSPS) is 15.0. The third kappa shape index (κ3) is 2.23. The zero-order valence-corrected chi connectivity index (χ0v) is 8.59. The predicted molar refractivity (Wildman–Crippen MR) is 54.3 cm³/mol. The highest BCUT2D eigenvalue weighted by molar-refractivity contribution is 5.76. The van der Waals surface area contributed by atoms with Crippen LogP contribution >= 0.6 is 0 Å². The van der Waals surface area contributed by atoms with Crippen LogP contribution in [0.3, 0.4) is 0 Å². The van der Waals surface area contributed by atoms with Crippen LogP contribution < -0.4 is 5.56 Å². The molecule has 1 aliphatic rings. The standard InChI is InChI=1S/C10H13N3O2/c1-12(8-2-3-8)10(15)6-13-7-11-5-4-9(13)14/h4-5,7-8H,2-3,6H2,1H3. The molecule has 5 nitrogen and oxygen atoms in total. The molecule has 0 bridgehead atoms. The largest absolute Gasteiger partial charge is 0.341 e. The van der Waals surface area contributed by atoms with Crippen LogP contribution in [-0.4, -0.2) is 33.4 Å². The van der Waals surface area contributed by atoms with Crippen LogP contribution in [0.2, 0.25) is 0 Å². The highest BCUT2D eigenvalue weighted by atomic mass is 16.2. The number of likely N-dealkylation sites (N-methyl/N-ethyl adjacent to an activating group) is 1. The van der Waals surface area contributed by atoms with E-state index in [0.29, 0.717) is 6.04 Å². The molecule has 0 atom stereocenters. The molecule has 15 heavy (non-hydrogen) atoms. The zero-order valence-electron chi connectivity index (χ0n) is 8.59. The van der Waals surface area contributed by atoms with Gasteiger partial charge in [0.15, 0.2) is 0 Å². The molecule has 1 aliphatic carbocycles. The second kappa shape index (κ2) is 3.84. The molecule has 1 saturated carbocycles. The Labute approximate surface area is 87.3 Å². The number of rotatable bonds is 3. The average Bonchev–Trinajstić information content (AvgIpc) is 3.04. The van der Waals surface area contributed by atoms with Gasteiger partial charge >= 0.3 is 0 Å². The Morgan fingerprint density at radius 3 is 3.00 bits per heavy atom. The first-order valence-corrected chi connectivity index (χ1v) is 4.94. The van der Waals surface area contributed by atoms with Gasteiger partial charge in [-0.15, -0.1) is 0 Å². The van der Waals surface area contributed by atoms with E-state index < -0.39 is 0 Å². The van der Waals surface area contributed by atoms with E-state index in [4.69, 9.17) is 0 Å². The number of aromatic nitrogens is 2. The van der Waals surface area contributed by atoms with Gasteiger partial charge in [0.1, 0.15) is 6.54 Å². The molecular weight excluding hydrogens is 194 g/mol. The van der Waals surface area contributed by atoms with Crippen molar-refractivity contribution in [3.8, 4) is 0 Å². The molecule has 1 fully saturated rings. The first kappa shape index (κ1) is 9.89. The fourth-order valence-electron chi connectivity index (χ4n) is 1.42. The molecule has 0 saturated heterocycles. The molecule has 0 radical (unpaired) electrons. The first-order valence-electron chi connectivity index (χ1n) is 4.94. The Balaban J connectivity index is 2.05. The van der Waals surface area contributed by atoms with Gasteiger partial charge in [0.2, 0.25) is 5.91 Å². The minimum Gasteiger partial charge on any atom is -0.341 e. The topological polar surface area (TPSA) is 55.2 Å². The molecule has 80 valence electrons. The summed E-state index contributed by atoms with van der Waals surface area (Å²) in [7, 11) is 1.78. The predicted octanol–water partition coefficient (Wildman–Crippen LogP) is -0.136. The van der Waals surface area contributed by atoms with Gasteiger partial charge < -0.3 is 4.90 Å². The van der Waals surface area contributed by atoms with E-state index in [0.717, 1.165) is 12.8 Å². The molecular formula is C10H13N3O2.